The van der Waals surface area contributed by atoms with Crippen LogP contribution in [0.1, 0.15) is 24.1 Å². The standard InChI is InChI=1S/C15H12F5N/c1-2-21-15(13-9(16)4-3-5-10(13)17)8-6-11(18)14(20)12(19)7-8/h3-7,15,21H,2H2,1H3. The number of hydrogen-bond donors (Lipinski definition) is 1. The summed E-state index contributed by atoms with van der Waals surface area (Å²) in [6, 6.07) is 3.58. The zero-order valence-corrected chi connectivity index (χ0v) is 11.1. The van der Waals surface area contributed by atoms with Crippen LogP contribution >= 0.6 is 0 Å². The van der Waals surface area contributed by atoms with Crippen LogP contribution in [0.3, 0.4) is 0 Å². The monoisotopic (exact) mass is 301 g/mol. The molecule has 0 aromatic heterocycles. The van der Waals surface area contributed by atoms with Gasteiger partial charge in [-0.1, -0.05) is 13.0 Å². The summed E-state index contributed by atoms with van der Waals surface area (Å²) < 4.78 is 67.4. The summed E-state index contributed by atoms with van der Waals surface area (Å²) in [4.78, 5) is 0. The third-order valence-electron chi connectivity index (χ3n) is 3.04. The number of halogens is 5. The van der Waals surface area contributed by atoms with E-state index in [9.17, 15) is 22.0 Å². The van der Waals surface area contributed by atoms with Gasteiger partial charge in [-0.25, -0.2) is 22.0 Å². The number of hydrogen-bond acceptors (Lipinski definition) is 1. The molecule has 0 radical (unpaired) electrons. The van der Waals surface area contributed by atoms with Gasteiger partial charge in [0.05, 0.1) is 6.04 Å². The van der Waals surface area contributed by atoms with E-state index in [0.29, 0.717) is 6.54 Å². The Morgan fingerprint density at radius 2 is 1.43 bits per heavy atom. The Bertz CT molecular complexity index is 613. The SMILES string of the molecule is CCNC(c1cc(F)c(F)c(F)c1)c1c(F)cccc1F. The van der Waals surface area contributed by atoms with Crippen LogP contribution in [0.2, 0.25) is 0 Å². The fraction of sp³-hybridized carbons (Fsp3) is 0.200. The van der Waals surface area contributed by atoms with Gasteiger partial charge in [-0.05, 0) is 36.4 Å². The van der Waals surface area contributed by atoms with Crippen molar-refractivity contribution in [1.29, 1.82) is 0 Å². The molecule has 6 heteroatoms. The summed E-state index contributed by atoms with van der Waals surface area (Å²) in [6.45, 7) is 1.96. The van der Waals surface area contributed by atoms with Gasteiger partial charge in [-0.3, -0.25) is 0 Å². The molecular weight excluding hydrogens is 289 g/mol. The molecule has 0 bridgehead atoms. The molecule has 2 rings (SSSR count). The first-order chi connectivity index (χ1) is 9.95. The highest BCUT2D eigenvalue weighted by molar-refractivity contribution is 5.34. The molecule has 0 aliphatic heterocycles. The van der Waals surface area contributed by atoms with Gasteiger partial charge in [0.1, 0.15) is 11.6 Å². The zero-order chi connectivity index (χ0) is 15.6. The van der Waals surface area contributed by atoms with E-state index in [1.165, 1.54) is 6.07 Å². The Morgan fingerprint density at radius 1 is 0.905 bits per heavy atom. The molecule has 112 valence electrons. The molecule has 0 aliphatic rings. The van der Waals surface area contributed by atoms with Crippen molar-refractivity contribution < 1.29 is 22.0 Å². The van der Waals surface area contributed by atoms with Gasteiger partial charge in [-0.2, -0.15) is 0 Å². The quantitative estimate of drug-likeness (QED) is 0.663. The van der Waals surface area contributed by atoms with Crippen molar-refractivity contribution in [2.45, 2.75) is 13.0 Å². The first kappa shape index (κ1) is 15.4. The summed E-state index contributed by atoms with van der Waals surface area (Å²) in [5, 5.41) is 2.73. The lowest BCUT2D eigenvalue weighted by Gasteiger charge is -2.20. The second kappa shape index (κ2) is 6.22. The normalized spacial score (nSPS) is 12.5. The Labute approximate surface area is 118 Å². The number of benzene rings is 2. The van der Waals surface area contributed by atoms with E-state index in [2.05, 4.69) is 5.32 Å². The zero-order valence-electron chi connectivity index (χ0n) is 11.1. The minimum atomic E-state index is -1.62. The van der Waals surface area contributed by atoms with Crippen LogP contribution in [0.5, 0.6) is 0 Å². The minimum absolute atomic E-state index is 0.0998. The molecule has 0 heterocycles. The molecule has 0 saturated heterocycles. The molecule has 0 spiro atoms. The Balaban J connectivity index is 2.59. The van der Waals surface area contributed by atoms with E-state index < -0.39 is 35.1 Å². The van der Waals surface area contributed by atoms with Crippen molar-refractivity contribution >= 4 is 0 Å². The molecule has 1 atom stereocenters. The maximum absolute atomic E-state index is 13.8. The van der Waals surface area contributed by atoms with E-state index in [1.807, 2.05) is 0 Å². The van der Waals surface area contributed by atoms with Gasteiger partial charge >= 0.3 is 0 Å². The molecule has 1 N–H and O–H groups in total. The van der Waals surface area contributed by atoms with Crippen molar-refractivity contribution in [3.05, 3.63) is 70.5 Å². The minimum Gasteiger partial charge on any atom is -0.306 e. The maximum atomic E-state index is 13.8. The third-order valence-corrected chi connectivity index (χ3v) is 3.04. The van der Waals surface area contributed by atoms with Crippen LogP contribution in [0.4, 0.5) is 22.0 Å². The third kappa shape index (κ3) is 3.05. The number of rotatable bonds is 4. The Kier molecular flexibility index (Phi) is 4.57. The topological polar surface area (TPSA) is 12.0 Å². The lowest BCUT2D eigenvalue weighted by Crippen LogP contribution is -2.24. The van der Waals surface area contributed by atoms with Crippen molar-refractivity contribution in [2.75, 3.05) is 6.54 Å². The average molecular weight is 301 g/mol. The molecule has 1 nitrogen and oxygen atoms in total. The van der Waals surface area contributed by atoms with Crippen LogP contribution in [0.25, 0.3) is 0 Å². The lowest BCUT2D eigenvalue weighted by atomic mass is 9.97. The van der Waals surface area contributed by atoms with Gasteiger partial charge < -0.3 is 5.32 Å². The van der Waals surface area contributed by atoms with Crippen LogP contribution in [0.15, 0.2) is 30.3 Å². The highest BCUT2D eigenvalue weighted by Crippen LogP contribution is 2.28. The van der Waals surface area contributed by atoms with Crippen LogP contribution < -0.4 is 5.32 Å². The molecule has 0 saturated carbocycles. The average Bonchev–Trinajstić information content (AvgIpc) is 2.43. The first-order valence-corrected chi connectivity index (χ1v) is 6.27. The molecule has 0 fully saturated rings. The number of nitrogens with one attached hydrogen (secondary N) is 1. The van der Waals surface area contributed by atoms with Gasteiger partial charge in [0.25, 0.3) is 0 Å². The predicted octanol–water partition coefficient (Wildman–Crippen LogP) is 4.08. The largest absolute Gasteiger partial charge is 0.306 e. The second-order valence-electron chi connectivity index (χ2n) is 4.42. The Hall–Kier alpha value is -1.95. The van der Waals surface area contributed by atoms with Crippen molar-refractivity contribution in [3.8, 4) is 0 Å². The van der Waals surface area contributed by atoms with E-state index in [4.69, 9.17) is 0 Å². The van der Waals surface area contributed by atoms with Crippen molar-refractivity contribution in [2.24, 2.45) is 0 Å². The van der Waals surface area contributed by atoms with Gasteiger partial charge in [0.15, 0.2) is 17.5 Å². The van der Waals surface area contributed by atoms with E-state index in [0.717, 1.165) is 24.3 Å². The predicted molar refractivity (Wildman–Crippen MR) is 68.2 cm³/mol. The summed E-state index contributed by atoms with van der Waals surface area (Å²) >= 11 is 0. The molecule has 21 heavy (non-hydrogen) atoms. The highest BCUT2D eigenvalue weighted by atomic mass is 19.2. The van der Waals surface area contributed by atoms with Gasteiger partial charge in [-0.15, -0.1) is 0 Å². The van der Waals surface area contributed by atoms with Gasteiger partial charge in [0.2, 0.25) is 0 Å². The molecular formula is C15H12F5N. The first-order valence-electron chi connectivity index (χ1n) is 6.27. The van der Waals surface area contributed by atoms with Gasteiger partial charge in [0, 0.05) is 5.56 Å². The van der Waals surface area contributed by atoms with Crippen LogP contribution in [0, 0.1) is 29.1 Å². The molecule has 2 aromatic rings. The lowest BCUT2D eigenvalue weighted by molar-refractivity contribution is 0.440. The summed E-state index contributed by atoms with van der Waals surface area (Å²) in [5.74, 6) is -6.16. The van der Waals surface area contributed by atoms with Crippen molar-refractivity contribution in [1.82, 2.24) is 5.32 Å². The Morgan fingerprint density at radius 3 is 1.90 bits per heavy atom. The summed E-state index contributed by atoms with van der Waals surface area (Å²) in [7, 11) is 0. The van der Waals surface area contributed by atoms with Crippen LogP contribution in [-0.2, 0) is 0 Å². The molecule has 2 aromatic carbocycles. The van der Waals surface area contributed by atoms with E-state index >= 15 is 0 Å². The fourth-order valence-electron chi connectivity index (χ4n) is 2.12. The second-order valence-corrected chi connectivity index (χ2v) is 4.42. The van der Waals surface area contributed by atoms with E-state index in [-0.39, 0.29) is 11.1 Å². The molecule has 0 aliphatic carbocycles. The van der Waals surface area contributed by atoms with E-state index in [1.54, 1.807) is 6.92 Å². The molecule has 0 amide bonds. The maximum Gasteiger partial charge on any atom is 0.194 e. The molecule has 1 unspecified atom stereocenters. The van der Waals surface area contributed by atoms with Crippen LogP contribution in [-0.4, -0.2) is 6.54 Å². The fourth-order valence-corrected chi connectivity index (χ4v) is 2.12. The van der Waals surface area contributed by atoms with Crippen molar-refractivity contribution in [3.63, 3.8) is 0 Å². The summed E-state index contributed by atoms with van der Waals surface area (Å²) in [6.07, 6.45) is 0. The summed E-state index contributed by atoms with van der Waals surface area (Å²) in [5.41, 5.74) is -0.470. The smallest absolute Gasteiger partial charge is 0.194 e. The highest BCUT2D eigenvalue weighted by Gasteiger charge is 2.23.